The number of hydrogen-bond acceptors (Lipinski definition) is 3. The van der Waals surface area contributed by atoms with Gasteiger partial charge in [0.05, 0.1) is 17.5 Å². The number of benzene rings is 1. The van der Waals surface area contributed by atoms with Gasteiger partial charge in [0.15, 0.2) is 0 Å². The summed E-state index contributed by atoms with van der Waals surface area (Å²) in [6.45, 7) is 1.11. The van der Waals surface area contributed by atoms with Crippen molar-refractivity contribution in [2.45, 2.75) is 6.42 Å². The van der Waals surface area contributed by atoms with Crippen molar-refractivity contribution in [1.29, 1.82) is 0 Å². The van der Waals surface area contributed by atoms with E-state index in [1.807, 2.05) is 18.3 Å². The number of H-pyrrole nitrogens is 2. The highest BCUT2D eigenvalue weighted by molar-refractivity contribution is 6.00. The lowest BCUT2D eigenvalue weighted by Gasteiger charge is -2.26. The van der Waals surface area contributed by atoms with E-state index in [1.165, 1.54) is 23.9 Å². The maximum atomic E-state index is 13.6. The third kappa shape index (κ3) is 3.10. The molecule has 0 saturated heterocycles. The smallest absolute Gasteiger partial charge is 0.257 e. The molecule has 1 aliphatic heterocycles. The molecule has 4 heterocycles. The Morgan fingerprint density at radius 3 is 2.97 bits per heavy atom. The molecule has 0 fully saturated rings. The van der Waals surface area contributed by atoms with Gasteiger partial charge >= 0.3 is 0 Å². The van der Waals surface area contributed by atoms with Gasteiger partial charge in [-0.3, -0.25) is 9.89 Å². The Balaban J connectivity index is 1.39. The third-order valence-corrected chi connectivity index (χ3v) is 5.28. The first-order chi connectivity index (χ1) is 14.2. The van der Waals surface area contributed by atoms with Crippen LogP contribution in [-0.4, -0.2) is 44.1 Å². The Morgan fingerprint density at radius 2 is 2.14 bits per heavy atom. The van der Waals surface area contributed by atoms with Crippen LogP contribution in [0.15, 0.2) is 61.1 Å². The summed E-state index contributed by atoms with van der Waals surface area (Å²) < 4.78 is 13.6. The van der Waals surface area contributed by atoms with E-state index in [2.05, 4.69) is 26.2 Å². The normalized spacial score (nSPS) is 14.2. The lowest BCUT2D eigenvalue weighted by molar-refractivity contribution is 0.0773. The number of carbonyl (C=O) groups is 1. The molecule has 0 aliphatic carbocycles. The molecule has 6 nitrogen and oxygen atoms in total. The van der Waals surface area contributed by atoms with Gasteiger partial charge < -0.3 is 9.88 Å². The van der Waals surface area contributed by atoms with E-state index in [0.29, 0.717) is 29.9 Å². The first kappa shape index (κ1) is 17.4. The van der Waals surface area contributed by atoms with Gasteiger partial charge in [0, 0.05) is 42.0 Å². The van der Waals surface area contributed by atoms with E-state index in [1.54, 1.807) is 23.2 Å². The average molecular weight is 387 g/mol. The lowest BCUT2D eigenvalue weighted by Crippen LogP contribution is -2.34. The van der Waals surface area contributed by atoms with Gasteiger partial charge in [-0.15, -0.1) is 0 Å². The Morgan fingerprint density at radius 1 is 1.21 bits per heavy atom. The van der Waals surface area contributed by atoms with Crippen LogP contribution in [0.1, 0.15) is 22.3 Å². The van der Waals surface area contributed by atoms with Gasteiger partial charge in [0.25, 0.3) is 5.91 Å². The summed E-state index contributed by atoms with van der Waals surface area (Å²) in [5.41, 5.74) is 4.77. The van der Waals surface area contributed by atoms with Crippen LogP contribution < -0.4 is 0 Å². The Labute approximate surface area is 166 Å². The van der Waals surface area contributed by atoms with Gasteiger partial charge in [-0.05, 0) is 36.3 Å². The number of nitrogens with one attached hydrogen (secondary N) is 2. The van der Waals surface area contributed by atoms with E-state index in [-0.39, 0.29) is 11.7 Å². The zero-order valence-corrected chi connectivity index (χ0v) is 15.5. The van der Waals surface area contributed by atoms with Crippen LogP contribution >= 0.6 is 0 Å². The molecule has 0 saturated carbocycles. The molecule has 1 amide bonds. The summed E-state index contributed by atoms with van der Waals surface area (Å²) in [5.74, 6) is -0.469. The van der Waals surface area contributed by atoms with Crippen molar-refractivity contribution in [3.8, 4) is 11.3 Å². The van der Waals surface area contributed by atoms with E-state index in [9.17, 15) is 9.18 Å². The molecule has 2 N–H and O–H groups in total. The first-order valence-electron chi connectivity index (χ1n) is 9.41. The number of fused-ring (bicyclic) bond motifs is 1. The summed E-state index contributed by atoms with van der Waals surface area (Å²) in [5, 5.41) is 7.93. The maximum Gasteiger partial charge on any atom is 0.257 e. The molecule has 1 aromatic carbocycles. The van der Waals surface area contributed by atoms with Gasteiger partial charge in [-0.1, -0.05) is 18.2 Å². The van der Waals surface area contributed by atoms with Crippen LogP contribution in [0.5, 0.6) is 0 Å². The van der Waals surface area contributed by atoms with Crippen LogP contribution in [-0.2, 0) is 0 Å². The minimum Gasteiger partial charge on any atom is -0.346 e. The number of carbonyl (C=O) groups excluding carboxylic acids is 1. The molecule has 5 rings (SSSR count). The number of pyridine rings is 1. The van der Waals surface area contributed by atoms with E-state index in [4.69, 9.17) is 0 Å². The number of halogens is 1. The van der Waals surface area contributed by atoms with Crippen LogP contribution in [0.3, 0.4) is 0 Å². The molecule has 3 aromatic heterocycles. The molecule has 0 unspecified atom stereocenters. The monoisotopic (exact) mass is 387 g/mol. The number of rotatable bonds is 3. The van der Waals surface area contributed by atoms with Crippen molar-refractivity contribution in [3.63, 3.8) is 0 Å². The van der Waals surface area contributed by atoms with Crippen molar-refractivity contribution in [2.24, 2.45) is 0 Å². The molecule has 29 heavy (non-hydrogen) atoms. The van der Waals surface area contributed by atoms with Gasteiger partial charge in [-0.2, -0.15) is 5.10 Å². The van der Waals surface area contributed by atoms with Crippen molar-refractivity contribution in [1.82, 2.24) is 25.1 Å². The van der Waals surface area contributed by atoms with Crippen LogP contribution in [0.2, 0.25) is 0 Å². The summed E-state index contributed by atoms with van der Waals surface area (Å²) in [6, 6.07) is 10.1. The van der Waals surface area contributed by atoms with Crippen molar-refractivity contribution < 1.29 is 9.18 Å². The second kappa shape index (κ2) is 7.01. The van der Waals surface area contributed by atoms with Gasteiger partial charge in [0.1, 0.15) is 11.5 Å². The highest BCUT2D eigenvalue weighted by atomic mass is 19.1. The predicted octanol–water partition coefficient (Wildman–Crippen LogP) is 4.02. The Bertz CT molecular complexity index is 1240. The molecule has 0 atom stereocenters. The van der Waals surface area contributed by atoms with Gasteiger partial charge in [-0.25, -0.2) is 9.37 Å². The maximum absolute atomic E-state index is 13.6. The van der Waals surface area contributed by atoms with Crippen molar-refractivity contribution >= 4 is 22.5 Å². The highest BCUT2D eigenvalue weighted by Gasteiger charge is 2.24. The SMILES string of the molecule is O=C(c1cn[nH]c1-c1cccc(F)c1)N1CC=C(c2c[nH]c3ncccc23)CC1. The predicted molar refractivity (Wildman–Crippen MR) is 109 cm³/mol. The summed E-state index contributed by atoms with van der Waals surface area (Å²) in [4.78, 5) is 22.4. The van der Waals surface area contributed by atoms with Crippen molar-refractivity contribution in [2.75, 3.05) is 13.1 Å². The van der Waals surface area contributed by atoms with E-state index in [0.717, 1.165) is 23.0 Å². The highest BCUT2D eigenvalue weighted by Crippen LogP contribution is 2.29. The molecular formula is C22H18FN5O. The summed E-state index contributed by atoms with van der Waals surface area (Å²) in [6.07, 6.45) is 8.07. The molecule has 0 radical (unpaired) electrons. The fourth-order valence-corrected chi connectivity index (χ4v) is 3.80. The summed E-state index contributed by atoms with van der Waals surface area (Å²) >= 11 is 0. The Hall–Kier alpha value is -3.74. The minimum atomic E-state index is -0.353. The van der Waals surface area contributed by atoms with Gasteiger partial charge in [0.2, 0.25) is 0 Å². The molecule has 4 aromatic rings. The zero-order valence-electron chi connectivity index (χ0n) is 15.5. The number of aromatic nitrogens is 4. The number of amides is 1. The molecule has 0 bridgehead atoms. The van der Waals surface area contributed by atoms with Crippen molar-refractivity contribution in [3.05, 3.63) is 78.0 Å². The minimum absolute atomic E-state index is 0.117. The summed E-state index contributed by atoms with van der Waals surface area (Å²) in [7, 11) is 0. The number of nitrogens with zero attached hydrogens (tertiary/aromatic N) is 3. The first-order valence-corrected chi connectivity index (χ1v) is 9.41. The fourth-order valence-electron chi connectivity index (χ4n) is 3.80. The topological polar surface area (TPSA) is 77.7 Å². The standard InChI is InChI=1S/C22H18FN5O/c23-16-4-1-3-15(11-16)20-19(13-26-27-20)22(29)28-9-6-14(7-10-28)18-12-25-21-17(18)5-2-8-24-21/h1-6,8,11-13H,7,9-10H2,(H,24,25)(H,26,27). The average Bonchev–Trinajstić information content (AvgIpc) is 3.41. The lowest BCUT2D eigenvalue weighted by atomic mass is 9.99. The number of aromatic amines is 2. The number of hydrogen-bond donors (Lipinski definition) is 2. The van der Waals surface area contributed by atoms with Crippen LogP contribution in [0.4, 0.5) is 4.39 Å². The fraction of sp³-hybridized carbons (Fsp3) is 0.136. The molecule has 7 heteroatoms. The molecule has 1 aliphatic rings. The third-order valence-electron chi connectivity index (χ3n) is 5.28. The van der Waals surface area contributed by atoms with E-state index >= 15 is 0 Å². The van der Waals surface area contributed by atoms with Crippen LogP contribution in [0, 0.1) is 5.82 Å². The quantitative estimate of drug-likeness (QED) is 0.557. The molecule has 0 spiro atoms. The second-order valence-corrected chi connectivity index (χ2v) is 7.00. The van der Waals surface area contributed by atoms with Crippen LogP contribution in [0.25, 0.3) is 27.9 Å². The molecule has 144 valence electrons. The largest absolute Gasteiger partial charge is 0.346 e. The second-order valence-electron chi connectivity index (χ2n) is 7.00. The van der Waals surface area contributed by atoms with E-state index < -0.39 is 0 Å². The zero-order chi connectivity index (χ0) is 19.8. The molecular weight excluding hydrogens is 369 g/mol. The Kier molecular flexibility index (Phi) is 4.20.